The fraction of sp³-hybridized carbons (Fsp3) is 0.727. The van der Waals surface area contributed by atoms with E-state index in [2.05, 4.69) is 5.16 Å². The molecule has 0 atom stereocenters. The Morgan fingerprint density at radius 3 is 2.44 bits per heavy atom. The summed E-state index contributed by atoms with van der Waals surface area (Å²) >= 11 is 0. The average Bonchev–Trinajstić information content (AvgIpc) is 2.46. The number of rotatable bonds is 4. The molecule has 0 aromatic carbocycles. The van der Waals surface area contributed by atoms with Gasteiger partial charge >= 0.3 is 0 Å². The highest BCUT2D eigenvalue weighted by molar-refractivity contribution is 7.90. The monoisotopic (exact) mass is 245 g/mol. The normalized spacial score (nSPS) is 13.0. The van der Waals surface area contributed by atoms with E-state index < -0.39 is 9.84 Å². The van der Waals surface area contributed by atoms with Gasteiger partial charge in [-0.1, -0.05) is 32.9 Å². The van der Waals surface area contributed by atoms with Crippen LogP contribution in [0.15, 0.2) is 10.6 Å². The van der Waals surface area contributed by atoms with Gasteiger partial charge in [0.1, 0.15) is 5.76 Å². The van der Waals surface area contributed by atoms with E-state index in [1.54, 1.807) is 6.07 Å². The van der Waals surface area contributed by atoms with Crippen molar-refractivity contribution in [1.82, 2.24) is 5.16 Å². The fourth-order valence-electron chi connectivity index (χ4n) is 1.53. The Bertz CT molecular complexity index is 440. The maximum absolute atomic E-state index is 11.8. The third-order valence-corrected chi connectivity index (χ3v) is 4.02. The van der Waals surface area contributed by atoms with Gasteiger partial charge in [-0.25, -0.2) is 8.42 Å². The van der Waals surface area contributed by atoms with E-state index in [9.17, 15) is 8.42 Å². The Morgan fingerprint density at radius 1 is 1.38 bits per heavy atom. The van der Waals surface area contributed by atoms with E-state index in [-0.39, 0.29) is 16.9 Å². The summed E-state index contributed by atoms with van der Waals surface area (Å²) in [4.78, 5) is 0. The van der Waals surface area contributed by atoms with E-state index in [1.807, 2.05) is 27.7 Å². The van der Waals surface area contributed by atoms with E-state index in [0.29, 0.717) is 5.69 Å². The zero-order chi connectivity index (χ0) is 12.4. The summed E-state index contributed by atoms with van der Waals surface area (Å²) in [5.41, 5.74) is 0.275. The van der Waals surface area contributed by atoms with E-state index in [0.717, 1.165) is 12.2 Å². The predicted molar refractivity (Wildman–Crippen MR) is 62.8 cm³/mol. The van der Waals surface area contributed by atoms with Crippen molar-refractivity contribution in [3.8, 4) is 0 Å². The van der Waals surface area contributed by atoms with Crippen LogP contribution in [0.1, 0.15) is 39.1 Å². The molecule has 0 bridgehead atoms. The number of sulfone groups is 1. The number of aryl methyl sites for hydroxylation is 1. The summed E-state index contributed by atoms with van der Waals surface area (Å²) in [6.45, 7) is 7.66. The molecule has 0 radical (unpaired) electrons. The molecule has 0 aliphatic carbocycles. The van der Waals surface area contributed by atoms with Crippen molar-refractivity contribution < 1.29 is 12.9 Å². The zero-order valence-electron chi connectivity index (χ0n) is 10.3. The molecule has 5 heteroatoms. The molecule has 0 saturated heterocycles. The van der Waals surface area contributed by atoms with E-state index >= 15 is 0 Å². The molecular weight excluding hydrogens is 226 g/mol. The van der Waals surface area contributed by atoms with Crippen LogP contribution in [-0.2, 0) is 22.0 Å². The highest BCUT2D eigenvalue weighted by Gasteiger charge is 2.23. The van der Waals surface area contributed by atoms with Gasteiger partial charge in [0, 0.05) is 12.5 Å². The van der Waals surface area contributed by atoms with Crippen molar-refractivity contribution in [3.05, 3.63) is 17.5 Å². The lowest BCUT2D eigenvalue weighted by atomic mass is 10.0. The minimum Gasteiger partial charge on any atom is -0.361 e. The topological polar surface area (TPSA) is 60.2 Å². The second-order valence-electron chi connectivity index (χ2n) is 5.23. The molecule has 0 aliphatic heterocycles. The summed E-state index contributed by atoms with van der Waals surface area (Å²) in [6, 6.07) is 1.71. The summed E-state index contributed by atoms with van der Waals surface area (Å²) in [5.74, 6) is 0.850. The van der Waals surface area contributed by atoms with E-state index in [1.165, 1.54) is 0 Å². The van der Waals surface area contributed by atoms with Gasteiger partial charge in [0.25, 0.3) is 0 Å². The molecule has 0 fully saturated rings. The van der Waals surface area contributed by atoms with Crippen LogP contribution in [0.5, 0.6) is 0 Å². The SMILES string of the molecule is CCc1cc(CS(=O)(=O)CC(C)(C)C)no1. The third kappa shape index (κ3) is 4.35. The van der Waals surface area contributed by atoms with Gasteiger partial charge in [-0.05, 0) is 5.41 Å². The van der Waals surface area contributed by atoms with Gasteiger partial charge in [0.05, 0.1) is 17.2 Å². The highest BCUT2D eigenvalue weighted by atomic mass is 32.2. The Morgan fingerprint density at radius 2 is 2.00 bits per heavy atom. The number of nitrogens with zero attached hydrogens (tertiary/aromatic N) is 1. The zero-order valence-corrected chi connectivity index (χ0v) is 11.1. The van der Waals surface area contributed by atoms with Crippen molar-refractivity contribution in [2.45, 2.75) is 39.9 Å². The fourth-order valence-corrected chi connectivity index (χ4v) is 3.53. The van der Waals surface area contributed by atoms with Crippen molar-refractivity contribution in [2.75, 3.05) is 5.75 Å². The number of hydrogen-bond donors (Lipinski definition) is 0. The molecule has 16 heavy (non-hydrogen) atoms. The first kappa shape index (κ1) is 13.2. The molecule has 0 N–H and O–H groups in total. The molecular formula is C11H19NO3S. The molecule has 0 aliphatic rings. The van der Waals surface area contributed by atoms with Crippen LogP contribution in [0.2, 0.25) is 0 Å². The molecule has 1 rings (SSSR count). The van der Waals surface area contributed by atoms with Crippen LogP contribution in [0.25, 0.3) is 0 Å². The van der Waals surface area contributed by atoms with Crippen molar-refractivity contribution >= 4 is 9.84 Å². The summed E-state index contributed by atoms with van der Waals surface area (Å²) in [5, 5.41) is 3.75. The lowest BCUT2D eigenvalue weighted by Crippen LogP contribution is -2.22. The Balaban J connectivity index is 2.73. The molecule has 1 heterocycles. The first-order chi connectivity index (χ1) is 7.22. The maximum atomic E-state index is 11.8. The highest BCUT2D eigenvalue weighted by Crippen LogP contribution is 2.19. The second-order valence-corrected chi connectivity index (χ2v) is 7.30. The van der Waals surface area contributed by atoms with Crippen molar-refractivity contribution in [2.24, 2.45) is 5.41 Å². The van der Waals surface area contributed by atoms with Gasteiger partial charge in [-0.2, -0.15) is 0 Å². The van der Waals surface area contributed by atoms with Gasteiger partial charge in [0.15, 0.2) is 9.84 Å². The summed E-state index contributed by atoms with van der Waals surface area (Å²) < 4.78 is 28.6. The predicted octanol–water partition coefficient (Wildman–Crippen LogP) is 2.20. The molecule has 0 amide bonds. The molecule has 0 saturated carbocycles. The minimum atomic E-state index is -3.11. The lowest BCUT2D eigenvalue weighted by Gasteiger charge is -2.17. The van der Waals surface area contributed by atoms with Crippen LogP contribution in [-0.4, -0.2) is 19.3 Å². The number of hydrogen-bond acceptors (Lipinski definition) is 4. The quantitative estimate of drug-likeness (QED) is 0.816. The smallest absolute Gasteiger partial charge is 0.156 e. The van der Waals surface area contributed by atoms with Gasteiger partial charge in [0.2, 0.25) is 0 Å². The largest absolute Gasteiger partial charge is 0.361 e. The van der Waals surface area contributed by atoms with Crippen LogP contribution >= 0.6 is 0 Å². The molecule has 4 nitrogen and oxygen atoms in total. The first-order valence-corrected chi connectivity index (χ1v) is 7.19. The lowest BCUT2D eigenvalue weighted by molar-refractivity contribution is 0.382. The Hall–Kier alpha value is -0.840. The molecule has 1 aromatic heterocycles. The Labute approximate surface area is 96.9 Å². The van der Waals surface area contributed by atoms with Crippen LogP contribution in [0, 0.1) is 5.41 Å². The van der Waals surface area contributed by atoms with Crippen LogP contribution < -0.4 is 0 Å². The molecule has 0 unspecified atom stereocenters. The van der Waals surface area contributed by atoms with Gasteiger partial charge in [-0.3, -0.25) is 0 Å². The van der Waals surface area contributed by atoms with Crippen LogP contribution in [0.4, 0.5) is 0 Å². The average molecular weight is 245 g/mol. The van der Waals surface area contributed by atoms with Crippen molar-refractivity contribution in [3.63, 3.8) is 0 Å². The maximum Gasteiger partial charge on any atom is 0.156 e. The molecule has 0 spiro atoms. The minimum absolute atomic E-state index is 0.0340. The molecule has 1 aromatic rings. The van der Waals surface area contributed by atoms with Gasteiger partial charge in [-0.15, -0.1) is 0 Å². The summed E-state index contributed by atoms with van der Waals surface area (Å²) in [6.07, 6.45) is 0.728. The van der Waals surface area contributed by atoms with E-state index in [4.69, 9.17) is 4.52 Å². The second kappa shape index (κ2) is 4.57. The first-order valence-electron chi connectivity index (χ1n) is 5.37. The van der Waals surface area contributed by atoms with Gasteiger partial charge < -0.3 is 4.52 Å². The Kier molecular flexibility index (Phi) is 3.78. The summed E-state index contributed by atoms with van der Waals surface area (Å²) in [7, 11) is -3.11. The standard InChI is InChI=1S/C11H19NO3S/c1-5-10-6-9(12-15-10)7-16(13,14)8-11(2,3)4/h6H,5,7-8H2,1-4H3. The number of aromatic nitrogens is 1. The van der Waals surface area contributed by atoms with Crippen LogP contribution in [0.3, 0.4) is 0 Å². The third-order valence-electron chi connectivity index (χ3n) is 1.98. The van der Waals surface area contributed by atoms with Crippen molar-refractivity contribution in [1.29, 1.82) is 0 Å². The molecule has 92 valence electrons.